The maximum absolute atomic E-state index is 10.0. The summed E-state index contributed by atoms with van der Waals surface area (Å²) in [4.78, 5) is 0. The molecule has 1 aliphatic heterocycles. The second kappa shape index (κ2) is 3.89. The quantitative estimate of drug-likeness (QED) is 0.731. The van der Waals surface area contributed by atoms with Gasteiger partial charge in [-0.05, 0) is 47.1 Å². The molecule has 0 saturated heterocycles. The summed E-state index contributed by atoms with van der Waals surface area (Å²) in [5.74, 6) is 0. The van der Waals surface area contributed by atoms with Crippen LogP contribution in [0.1, 0.15) is 41.5 Å². The van der Waals surface area contributed by atoms with E-state index in [1.807, 2.05) is 41.5 Å². The minimum absolute atomic E-state index is 0.220. The fourth-order valence-corrected chi connectivity index (χ4v) is 2.00. The van der Waals surface area contributed by atoms with Gasteiger partial charge in [0.05, 0.1) is 23.8 Å². The Morgan fingerprint density at radius 1 is 1.33 bits per heavy atom. The zero-order valence-electron chi connectivity index (χ0n) is 10.7. The lowest BCUT2D eigenvalue weighted by Crippen LogP contribution is -2.48. The van der Waals surface area contributed by atoms with Crippen LogP contribution in [-0.4, -0.2) is 34.1 Å². The van der Waals surface area contributed by atoms with Gasteiger partial charge in [-0.25, -0.2) is 0 Å². The van der Waals surface area contributed by atoms with E-state index in [0.29, 0.717) is 6.61 Å². The van der Waals surface area contributed by atoms with Gasteiger partial charge >= 0.3 is 0 Å². The van der Waals surface area contributed by atoms with Crippen LogP contribution in [0.25, 0.3) is 0 Å². The summed E-state index contributed by atoms with van der Waals surface area (Å²) >= 11 is 0. The molecule has 0 radical (unpaired) electrons. The van der Waals surface area contributed by atoms with Crippen LogP contribution >= 0.6 is 0 Å². The van der Waals surface area contributed by atoms with Gasteiger partial charge in [0.2, 0.25) is 0 Å². The molecule has 3 nitrogen and oxygen atoms in total. The molecule has 0 aliphatic carbocycles. The molecule has 88 valence electrons. The van der Waals surface area contributed by atoms with E-state index in [1.54, 1.807) is 0 Å². The van der Waals surface area contributed by atoms with E-state index in [4.69, 9.17) is 4.74 Å². The number of rotatable bonds is 3. The van der Waals surface area contributed by atoms with Crippen molar-refractivity contribution in [3.05, 3.63) is 11.6 Å². The largest absolute Gasteiger partial charge is 0.374 e. The van der Waals surface area contributed by atoms with Gasteiger partial charge in [-0.3, -0.25) is 0 Å². The van der Waals surface area contributed by atoms with Crippen LogP contribution in [0.15, 0.2) is 11.6 Å². The molecule has 15 heavy (non-hydrogen) atoms. The number of hydrogen-bond acceptors (Lipinski definition) is 3. The molecule has 0 fully saturated rings. The summed E-state index contributed by atoms with van der Waals surface area (Å²) in [6.07, 6.45) is 2.31. The molecule has 0 aromatic rings. The lowest BCUT2D eigenvalue weighted by molar-refractivity contribution is -0.186. The monoisotopic (exact) mass is 213 g/mol. The Morgan fingerprint density at radius 3 is 2.20 bits per heavy atom. The smallest absolute Gasteiger partial charge is 0.0699 e. The summed E-state index contributed by atoms with van der Waals surface area (Å²) < 4.78 is 5.60. The highest BCUT2D eigenvalue weighted by Crippen LogP contribution is 2.38. The number of ether oxygens (including phenoxy) is 1. The molecule has 0 amide bonds. The Morgan fingerprint density at radius 2 is 1.87 bits per heavy atom. The summed E-state index contributed by atoms with van der Waals surface area (Å²) in [7, 11) is 0. The second-order valence-corrected chi connectivity index (χ2v) is 5.55. The molecular weight excluding hydrogens is 190 g/mol. The van der Waals surface area contributed by atoms with Crippen LogP contribution in [0.2, 0.25) is 0 Å². The number of nitrogens with zero attached hydrogens (tertiary/aromatic N) is 1. The summed E-state index contributed by atoms with van der Waals surface area (Å²) in [6.45, 7) is 12.6. The van der Waals surface area contributed by atoms with Gasteiger partial charge in [0.15, 0.2) is 0 Å². The molecule has 0 saturated carbocycles. The fourth-order valence-electron chi connectivity index (χ4n) is 2.00. The number of hydrogen-bond donors (Lipinski definition) is 1. The van der Waals surface area contributed by atoms with Crippen LogP contribution in [0.5, 0.6) is 0 Å². The lowest BCUT2D eigenvalue weighted by Gasteiger charge is -2.36. The van der Waals surface area contributed by atoms with Crippen LogP contribution in [-0.2, 0) is 4.74 Å². The van der Waals surface area contributed by atoms with Crippen molar-refractivity contribution in [2.45, 2.75) is 58.7 Å². The summed E-state index contributed by atoms with van der Waals surface area (Å²) in [6, 6.07) is 0. The maximum Gasteiger partial charge on any atom is 0.0699 e. The van der Waals surface area contributed by atoms with E-state index in [0.717, 1.165) is 5.57 Å². The maximum atomic E-state index is 10.0. The van der Waals surface area contributed by atoms with Crippen molar-refractivity contribution in [2.24, 2.45) is 0 Å². The van der Waals surface area contributed by atoms with Gasteiger partial charge < -0.3 is 9.94 Å². The molecular formula is C12H23NO2. The SMILES string of the molecule is CC(C)OCC1=CC(C)(C)N(O)C1(C)C. The third kappa shape index (κ3) is 2.41. The molecule has 1 heterocycles. The zero-order valence-corrected chi connectivity index (χ0v) is 10.7. The van der Waals surface area contributed by atoms with E-state index >= 15 is 0 Å². The van der Waals surface area contributed by atoms with Gasteiger partial charge in [0, 0.05) is 0 Å². The van der Waals surface area contributed by atoms with Crippen molar-refractivity contribution in [2.75, 3.05) is 6.61 Å². The average Bonchev–Trinajstić information content (AvgIpc) is 2.23. The zero-order chi connectivity index (χ0) is 11.9. The first kappa shape index (κ1) is 12.7. The molecule has 1 aliphatic rings. The standard InChI is InChI=1S/C12H23NO2/c1-9(2)15-8-10-7-11(3,4)13(14)12(10,5)6/h7,9,14H,8H2,1-6H3. The third-order valence-electron chi connectivity index (χ3n) is 2.96. The van der Waals surface area contributed by atoms with Gasteiger partial charge in [-0.2, -0.15) is 5.06 Å². The van der Waals surface area contributed by atoms with E-state index in [9.17, 15) is 5.21 Å². The minimum Gasteiger partial charge on any atom is -0.374 e. The lowest BCUT2D eigenvalue weighted by atomic mass is 9.97. The highest BCUT2D eigenvalue weighted by molar-refractivity contribution is 5.29. The average molecular weight is 213 g/mol. The van der Waals surface area contributed by atoms with Gasteiger partial charge in [0.25, 0.3) is 0 Å². The minimum atomic E-state index is -0.335. The molecule has 0 atom stereocenters. The van der Waals surface area contributed by atoms with E-state index in [1.165, 1.54) is 5.06 Å². The molecule has 0 spiro atoms. The fraction of sp³-hybridized carbons (Fsp3) is 0.833. The highest BCUT2D eigenvalue weighted by atomic mass is 16.5. The number of hydroxylamine groups is 2. The molecule has 0 aromatic heterocycles. The van der Waals surface area contributed by atoms with E-state index in [2.05, 4.69) is 6.08 Å². The summed E-state index contributed by atoms with van der Waals surface area (Å²) in [5.41, 5.74) is 0.501. The van der Waals surface area contributed by atoms with Crippen molar-refractivity contribution in [1.82, 2.24) is 5.06 Å². The summed E-state index contributed by atoms with van der Waals surface area (Å²) in [5, 5.41) is 11.4. The Kier molecular flexibility index (Phi) is 3.29. The first-order valence-corrected chi connectivity index (χ1v) is 5.51. The van der Waals surface area contributed by atoms with Crippen LogP contribution in [0.4, 0.5) is 0 Å². The van der Waals surface area contributed by atoms with Crippen LogP contribution in [0.3, 0.4) is 0 Å². The van der Waals surface area contributed by atoms with E-state index < -0.39 is 0 Å². The topological polar surface area (TPSA) is 32.7 Å². The van der Waals surface area contributed by atoms with Gasteiger partial charge in [-0.15, -0.1) is 0 Å². The second-order valence-electron chi connectivity index (χ2n) is 5.55. The van der Waals surface area contributed by atoms with Crippen molar-refractivity contribution < 1.29 is 9.94 Å². The molecule has 0 unspecified atom stereocenters. The van der Waals surface area contributed by atoms with Crippen molar-refractivity contribution in [1.29, 1.82) is 0 Å². The Hall–Kier alpha value is -0.380. The first-order valence-electron chi connectivity index (χ1n) is 5.51. The molecule has 1 N–H and O–H groups in total. The molecule has 3 heteroatoms. The van der Waals surface area contributed by atoms with Crippen molar-refractivity contribution >= 4 is 0 Å². The predicted molar refractivity (Wildman–Crippen MR) is 61.0 cm³/mol. The van der Waals surface area contributed by atoms with Crippen molar-refractivity contribution in [3.63, 3.8) is 0 Å². The first-order chi connectivity index (χ1) is 6.68. The van der Waals surface area contributed by atoms with Crippen LogP contribution in [0, 0.1) is 0 Å². The van der Waals surface area contributed by atoms with Crippen LogP contribution < -0.4 is 0 Å². The highest BCUT2D eigenvalue weighted by Gasteiger charge is 2.44. The van der Waals surface area contributed by atoms with E-state index in [-0.39, 0.29) is 17.2 Å². The Balaban J connectivity index is 2.79. The molecule has 0 bridgehead atoms. The Bertz CT molecular complexity index is 267. The molecule has 0 aromatic carbocycles. The van der Waals surface area contributed by atoms with Crippen molar-refractivity contribution in [3.8, 4) is 0 Å². The van der Waals surface area contributed by atoms with Gasteiger partial charge in [-0.1, -0.05) is 6.08 Å². The Labute approximate surface area is 92.7 Å². The predicted octanol–water partition coefficient (Wildman–Crippen LogP) is 2.60. The van der Waals surface area contributed by atoms with Gasteiger partial charge in [0.1, 0.15) is 0 Å². The third-order valence-corrected chi connectivity index (χ3v) is 2.96. The normalized spacial score (nSPS) is 24.7. The molecule has 1 rings (SSSR count).